The van der Waals surface area contributed by atoms with Crippen molar-refractivity contribution in [2.45, 2.75) is 38.7 Å². The van der Waals surface area contributed by atoms with Gasteiger partial charge in [-0.2, -0.15) is 0 Å². The van der Waals surface area contributed by atoms with E-state index in [9.17, 15) is 4.79 Å². The summed E-state index contributed by atoms with van der Waals surface area (Å²) in [5, 5.41) is 0. The van der Waals surface area contributed by atoms with Crippen molar-refractivity contribution in [3.63, 3.8) is 0 Å². The van der Waals surface area contributed by atoms with Gasteiger partial charge >= 0.3 is 5.97 Å². The summed E-state index contributed by atoms with van der Waals surface area (Å²) in [4.78, 5) is 14.1. The Morgan fingerprint density at radius 3 is 2.58 bits per heavy atom. The molecule has 0 unspecified atom stereocenters. The number of piperidine rings is 1. The highest BCUT2D eigenvalue weighted by Crippen LogP contribution is 2.10. The number of likely N-dealkylation sites (tertiary alicyclic amines) is 1. The largest absolute Gasteiger partial charge is 0.461 e. The SMILES string of the molecule is O=C(CCCN1CCCCC1)OCc1ccccc1. The lowest BCUT2D eigenvalue weighted by atomic mass is 10.1. The third-order valence-corrected chi connectivity index (χ3v) is 3.55. The normalized spacial score (nSPS) is 16.2. The summed E-state index contributed by atoms with van der Waals surface area (Å²) in [5.41, 5.74) is 1.05. The first-order chi connectivity index (χ1) is 9.34. The molecule has 3 heteroatoms. The van der Waals surface area contributed by atoms with Gasteiger partial charge in [0.15, 0.2) is 0 Å². The highest BCUT2D eigenvalue weighted by molar-refractivity contribution is 5.69. The number of benzene rings is 1. The third-order valence-electron chi connectivity index (χ3n) is 3.55. The third kappa shape index (κ3) is 5.43. The number of ether oxygens (including phenoxy) is 1. The van der Waals surface area contributed by atoms with Gasteiger partial charge in [-0.1, -0.05) is 36.8 Å². The maximum atomic E-state index is 11.6. The molecule has 0 radical (unpaired) electrons. The van der Waals surface area contributed by atoms with Crippen LogP contribution in [0.25, 0.3) is 0 Å². The molecule has 1 aliphatic heterocycles. The van der Waals surface area contributed by atoms with Crippen LogP contribution in [-0.2, 0) is 16.1 Å². The van der Waals surface area contributed by atoms with E-state index >= 15 is 0 Å². The van der Waals surface area contributed by atoms with Crippen LogP contribution in [0.1, 0.15) is 37.7 Å². The van der Waals surface area contributed by atoms with Gasteiger partial charge in [0.2, 0.25) is 0 Å². The molecule has 0 atom stereocenters. The minimum atomic E-state index is -0.0825. The van der Waals surface area contributed by atoms with Crippen molar-refractivity contribution in [3.05, 3.63) is 35.9 Å². The number of hydrogen-bond acceptors (Lipinski definition) is 3. The van der Waals surface area contributed by atoms with Crippen LogP contribution in [0.5, 0.6) is 0 Å². The molecule has 1 saturated heterocycles. The fourth-order valence-corrected chi connectivity index (χ4v) is 2.44. The van der Waals surface area contributed by atoms with Crippen molar-refractivity contribution in [1.29, 1.82) is 0 Å². The predicted molar refractivity (Wildman–Crippen MR) is 75.8 cm³/mol. The highest BCUT2D eigenvalue weighted by Gasteiger charge is 2.10. The monoisotopic (exact) mass is 261 g/mol. The van der Waals surface area contributed by atoms with E-state index in [1.807, 2.05) is 30.3 Å². The summed E-state index contributed by atoms with van der Waals surface area (Å²) in [6, 6.07) is 9.82. The molecular weight excluding hydrogens is 238 g/mol. The van der Waals surface area contributed by atoms with Crippen molar-refractivity contribution in [2.24, 2.45) is 0 Å². The van der Waals surface area contributed by atoms with E-state index in [2.05, 4.69) is 4.90 Å². The van der Waals surface area contributed by atoms with Crippen LogP contribution in [0.2, 0.25) is 0 Å². The Balaban J connectivity index is 1.57. The van der Waals surface area contributed by atoms with Crippen molar-refractivity contribution in [3.8, 4) is 0 Å². The van der Waals surface area contributed by atoms with Gasteiger partial charge in [0.1, 0.15) is 6.61 Å². The Labute approximate surface area is 115 Å². The molecule has 3 nitrogen and oxygen atoms in total. The summed E-state index contributed by atoms with van der Waals surface area (Å²) in [6.07, 6.45) is 5.41. The molecule has 0 spiro atoms. The van der Waals surface area contributed by atoms with Gasteiger partial charge in [0, 0.05) is 6.42 Å². The van der Waals surface area contributed by atoms with E-state index in [1.165, 1.54) is 32.4 Å². The molecule has 1 heterocycles. The second-order valence-corrected chi connectivity index (χ2v) is 5.15. The van der Waals surface area contributed by atoms with Gasteiger partial charge < -0.3 is 9.64 Å². The second-order valence-electron chi connectivity index (χ2n) is 5.15. The average Bonchev–Trinajstić information content (AvgIpc) is 2.47. The molecule has 0 bridgehead atoms. The van der Waals surface area contributed by atoms with Crippen LogP contribution in [-0.4, -0.2) is 30.5 Å². The number of rotatable bonds is 6. The molecule has 104 valence electrons. The summed E-state index contributed by atoms with van der Waals surface area (Å²) in [6.45, 7) is 3.81. The van der Waals surface area contributed by atoms with Gasteiger partial charge in [0.25, 0.3) is 0 Å². The molecule has 0 N–H and O–H groups in total. The first kappa shape index (κ1) is 14.1. The van der Waals surface area contributed by atoms with Gasteiger partial charge in [-0.05, 0) is 44.5 Å². The molecule has 1 aliphatic rings. The Bertz CT molecular complexity index is 372. The van der Waals surface area contributed by atoms with E-state index in [0.29, 0.717) is 13.0 Å². The number of carbonyl (C=O) groups excluding carboxylic acids is 1. The molecule has 1 fully saturated rings. The molecule has 0 aromatic heterocycles. The van der Waals surface area contributed by atoms with Gasteiger partial charge in [-0.15, -0.1) is 0 Å². The number of esters is 1. The quantitative estimate of drug-likeness (QED) is 0.737. The molecule has 0 aliphatic carbocycles. The maximum Gasteiger partial charge on any atom is 0.306 e. The zero-order chi connectivity index (χ0) is 13.3. The average molecular weight is 261 g/mol. The van der Waals surface area contributed by atoms with Gasteiger partial charge in [-0.25, -0.2) is 0 Å². The molecule has 0 saturated carbocycles. The predicted octanol–water partition coefficient (Wildman–Crippen LogP) is 3.00. The Hall–Kier alpha value is -1.35. The van der Waals surface area contributed by atoms with E-state index in [0.717, 1.165) is 18.5 Å². The van der Waals surface area contributed by atoms with Crippen LogP contribution in [0.4, 0.5) is 0 Å². The van der Waals surface area contributed by atoms with Crippen LogP contribution in [0.15, 0.2) is 30.3 Å². The first-order valence-corrected chi connectivity index (χ1v) is 7.26. The number of nitrogens with zero attached hydrogens (tertiary/aromatic N) is 1. The topological polar surface area (TPSA) is 29.5 Å². The summed E-state index contributed by atoms with van der Waals surface area (Å²) in [7, 11) is 0. The lowest BCUT2D eigenvalue weighted by molar-refractivity contribution is -0.145. The highest BCUT2D eigenvalue weighted by atomic mass is 16.5. The Morgan fingerprint density at radius 1 is 1.11 bits per heavy atom. The lowest BCUT2D eigenvalue weighted by Crippen LogP contribution is -2.30. The van der Waals surface area contributed by atoms with E-state index in [1.54, 1.807) is 0 Å². The van der Waals surface area contributed by atoms with Crippen LogP contribution in [0, 0.1) is 0 Å². The van der Waals surface area contributed by atoms with Crippen molar-refractivity contribution in [1.82, 2.24) is 4.90 Å². The smallest absolute Gasteiger partial charge is 0.306 e. The zero-order valence-electron chi connectivity index (χ0n) is 11.5. The minimum absolute atomic E-state index is 0.0825. The van der Waals surface area contributed by atoms with Crippen molar-refractivity contribution >= 4 is 5.97 Å². The van der Waals surface area contributed by atoms with Gasteiger partial charge in [0.05, 0.1) is 0 Å². The zero-order valence-corrected chi connectivity index (χ0v) is 11.5. The lowest BCUT2D eigenvalue weighted by Gasteiger charge is -2.26. The fraction of sp³-hybridized carbons (Fsp3) is 0.562. The number of carbonyl (C=O) groups is 1. The molecule has 2 rings (SSSR count). The van der Waals surface area contributed by atoms with Crippen molar-refractivity contribution in [2.75, 3.05) is 19.6 Å². The van der Waals surface area contributed by atoms with Crippen LogP contribution in [0.3, 0.4) is 0 Å². The van der Waals surface area contributed by atoms with Crippen molar-refractivity contribution < 1.29 is 9.53 Å². The van der Waals surface area contributed by atoms with Crippen LogP contribution >= 0.6 is 0 Å². The standard InChI is InChI=1S/C16H23NO2/c18-16(19-14-15-8-3-1-4-9-15)10-7-13-17-11-5-2-6-12-17/h1,3-4,8-9H,2,5-7,10-14H2. The van der Waals surface area contributed by atoms with E-state index < -0.39 is 0 Å². The van der Waals surface area contributed by atoms with Crippen LogP contribution < -0.4 is 0 Å². The molecule has 1 aromatic rings. The summed E-state index contributed by atoms with van der Waals surface area (Å²) >= 11 is 0. The summed E-state index contributed by atoms with van der Waals surface area (Å²) < 4.78 is 5.26. The maximum absolute atomic E-state index is 11.6. The fourth-order valence-electron chi connectivity index (χ4n) is 2.44. The molecular formula is C16H23NO2. The van der Waals surface area contributed by atoms with E-state index in [-0.39, 0.29) is 5.97 Å². The molecule has 0 amide bonds. The molecule has 1 aromatic carbocycles. The number of hydrogen-bond donors (Lipinski definition) is 0. The Morgan fingerprint density at radius 2 is 1.84 bits per heavy atom. The van der Waals surface area contributed by atoms with Gasteiger partial charge in [-0.3, -0.25) is 4.79 Å². The summed E-state index contributed by atoms with van der Waals surface area (Å²) in [5.74, 6) is -0.0825. The first-order valence-electron chi connectivity index (χ1n) is 7.26. The van der Waals surface area contributed by atoms with E-state index in [4.69, 9.17) is 4.74 Å². The minimum Gasteiger partial charge on any atom is -0.461 e. The molecule has 19 heavy (non-hydrogen) atoms. The Kier molecular flexibility index (Phi) is 5.89. The second kappa shape index (κ2) is 7.95.